The fourth-order valence-corrected chi connectivity index (χ4v) is 5.33. The number of aryl methyl sites for hydroxylation is 2. The first kappa shape index (κ1) is 24.1. The monoisotopic (exact) mass is 418 g/mol. The van der Waals surface area contributed by atoms with E-state index >= 15 is 0 Å². The van der Waals surface area contributed by atoms with Crippen LogP contribution in [0.2, 0.25) is 0 Å². The van der Waals surface area contributed by atoms with Crippen LogP contribution in [0, 0.1) is 11.8 Å². The highest BCUT2D eigenvalue weighted by atomic mass is 14.3. The molecule has 2 aromatic rings. The molecular formula is C31H46. The second-order valence-corrected chi connectivity index (χ2v) is 10.2. The summed E-state index contributed by atoms with van der Waals surface area (Å²) in [6.07, 6.45) is 20.2. The van der Waals surface area contributed by atoms with Crippen molar-refractivity contribution in [3.05, 3.63) is 70.8 Å². The first-order valence-electron chi connectivity index (χ1n) is 13.4. The topological polar surface area (TPSA) is 0 Å². The predicted molar refractivity (Wildman–Crippen MR) is 137 cm³/mol. The molecule has 0 atom stereocenters. The number of hydrogen-bond donors (Lipinski definition) is 0. The van der Waals surface area contributed by atoms with Crippen LogP contribution in [0.4, 0.5) is 0 Å². The van der Waals surface area contributed by atoms with Crippen LogP contribution < -0.4 is 0 Å². The van der Waals surface area contributed by atoms with E-state index in [0.717, 1.165) is 11.8 Å². The number of hydrogen-bond acceptors (Lipinski definition) is 0. The molecule has 2 aromatic carbocycles. The number of rotatable bonds is 13. The van der Waals surface area contributed by atoms with Gasteiger partial charge in [-0.15, -0.1) is 0 Å². The molecule has 0 amide bonds. The van der Waals surface area contributed by atoms with Crippen molar-refractivity contribution >= 4 is 0 Å². The van der Waals surface area contributed by atoms with Gasteiger partial charge in [-0.1, -0.05) is 94.5 Å². The second-order valence-electron chi connectivity index (χ2n) is 10.2. The van der Waals surface area contributed by atoms with E-state index in [1.165, 1.54) is 107 Å². The third kappa shape index (κ3) is 8.83. The molecule has 0 heteroatoms. The summed E-state index contributed by atoms with van der Waals surface area (Å²) in [6, 6.07) is 19.1. The number of unbranched alkanes of at least 4 members (excludes halogenated alkanes) is 5. The molecule has 0 unspecified atom stereocenters. The highest BCUT2D eigenvalue weighted by Gasteiger charge is 2.21. The highest BCUT2D eigenvalue weighted by molar-refractivity contribution is 5.24. The molecule has 31 heavy (non-hydrogen) atoms. The van der Waals surface area contributed by atoms with Crippen LogP contribution in [0.5, 0.6) is 0 Å². The molecule has 170 valence electrons. The van der Waals surface area contributed by atoms with Gasteiger partial charge in [0.15, 0.2) is 0 Å². The molecule has 0 heterocycles. The molecule has 0 aromatic heterocycles. The molecule has 3 rings (SSSR count). The van der Waals surface area contributed by atoms with Gasteiger partial charge in [0.1, 0.15) is 0 Å². The molecule has 0 nitrogen and oxygen atoms in total. The zero-order valence-electron chi connectivity index (χ0n) is 20.4. The molecule has 1 saturated carbocycles. The highest BCUT2D eigenvalue weighted by Crippen LogP contribution is 2.33. The van der Waals surface area contributed by atoms with Crippen molar-refractivity contribution in [2.24, 2.45) is 11.8 Å². The maximum absolute atomic E-state index is 2.41. The van der Waals surface area contributed by atoms with Crippen LogP contribution in [-0.4, -0.2) is 0 Å². The van der Waals surface area contributed by atoms with Crippen LogP contribution in [0.25, 0.3) is 0 Å². The van der Waals surface area contributed by atoms with E-state index in [9.17, 15) is 0 Å². The molecule has 1 aliphatic carbocycles. The van der Waals surface area contributed by atoms with E-state index in [2.05, 4.69) is 62.4 Å². The first-order valence-corrected chi connectivity index (χ1v) is 13.4. The quantitative estimate of drug-likeness (QED) is 0.284. The van der Waals surface area contributed by atoms with Crippen LogP contribution >= 0.6 is 0 Å². The van der Waals surface area contributed by atoms with Gasteiger partial charge in [-0.25, -0.2) is 0 Å². The van der Waals surface area contributed by atoms with Crippen molar-refractivity contribution in [1.29, 1.82) is 0 Å². The largest absolute Gasteiger partial charge is 0.0654 e. The van der Waals surface area contributed by atoms with E-state index in [0.29, 0.717) is 0 Å². The standard InChI is InChI=1S/C31H46/c1-3-5-7-9-11-27-14-18-29(19-15-27)25-31-22-20-30(21-23-31)24-28-16-12-26(13-17-28)10-8-6-4-2/h12-19,30-31H,3-11,20-25H2,1-2H3/t30-,31-. The maximum atomic E-state index is 2.41. The fourth-order valence-electron chi connectivity index (χ4n) is 5.33. The van der Waals surface area contributed by atoms with Crippen LogP contribution in [-0.2, 0) is 25.7 Å². The molecule has 0 N–H and O–H groups in total. The Labute approximate surface area is 192 Å². The van der Waals surface area contributed by atoms with Gasteiger partial charge in [-0.05, 0) is 98.3 Å². The third-order valence-corrected chi connectivity index (χ3v) is 7.45. The SMILES string of the molecule is CCCCCCc1ccc(C[C@H]2CC[C@H](Cc3ccc(CCCCC)cc3)CC2)cc1. The lowest BCUT2D eigenvalue weighted by atomic mass is 9.77. The Balaban J connectivity index is 1.35. The fraction of sp³-hybridized carbons (Fsp3) is 0.613. The predicted octanol–water partition coefficient (Wildman–Crippen LogP) is 9.13. The lowest BCUT2D eigenvalue weighted by Crippen LogP contribution is -2.18. The van der Waals surface area contributed by atoms with E-state index in [4.69, 9.17) is 0 Å². The van der Waals surface area contributed by atoms with E-state index < -0.39 is 0 Å². The molecule has 0 saturated heterocycles. The van der Waals surface area contributed by atoms with Crippen molar-refractivity contribution < 1.29 is 0 Å². The average molecular weight is 419 g/mol. The van der Waals surface area contributed by atoms with Crippen molar-refractivity contribution in [1.82, 2.24) is 0 Å². The molecular weight excluding hydrogens is 372 g/mol. The molecule has 0 radical (unpaired) electrons. The van der Waals surface area contributed by atoms with E-state index in [1.807, 2.05) is 0 Å². The molecule has 1 fully saturated rings. The molecule has 0 bridgehead atoms. The normalized spacial score (nSPS) is 18.9. The van der Waals surface area contributed by atoms with Crippen molar-refractivity contribution in [2.75, 3.05) is 0 Å². The van der Waals surface area contributed by atoms with Gasteiger partial charge in [0.2, 0.25) is 0 Å². The summed E-state index contributed by atoms with van der Waals surface area (Å²) in [4.78, 5) is 0. The lowest BCUT2D eigenvalue weighted by molar-refractivity contribution is 0.272. The Morgan fingerprint density at radius 2 is 0.839 bits per heavy atom. The van der Waals surface area contributed by atoms with Crippen LogP contribution in [0.1, 0.15) is 107 Å². The summed E-state index contributed by atoms with van der Waals surface area (Å²) < 4.78 is 0. The van der Waals surface area contributed by atoms with Crippen LogP contribution in [0.15, 0.2) is 48.5 Å². The molecule has 1 aliphatic rings. The summed E-state index contributed by atoms with van der Waals surface area (Å²) in [5, 5.41) is 0. The summed E-state index contributed by atoms with van der Waals surface area (Å²) in [5.74, 6) is 1.79. The van der Waals surface area contributed by atoms with E-state index in [-0.39, 0.29) is 0 Å². The van der Waals surface area contributed by atoms with Gasteiger partial charge in [-0.3, -0.25) is 0 Å². The second kappa shape index (κ2) is 13.8. The molecule has 0 aliphatic heterocycles. The molecule has 0 spiro atoms. The summed E-state index contributed by atoms with van der Waals surface area (Å²) in [6.45, 7) is 4.57. The zero-order chi connectivity index (χ0) is 21.7. The lowest BCUT2D eigenvalue weighted by Gasteiger charge is -2.28. The zero-order valence-corrected chi connectivity index (χ0v) is 20.4. The van der Waals surface area contributed by atoms with Gasteiger partial charge in [0.25, 0.3) is 0 Å². The third-order valence-electron chi connectivity index (χ3n) is 7.45. The Morgan fingerprint density at radius 3 is 1.26 bits per heavy atom. The van der Waals surface area contributed by atoms with Gasteiger partial charge >= 0.3 is 0 Å². The summed E-state index contributed by atoms with van der Waals surface area (Å²) >= 11 is 0. The van der Waals surface area contributed by atoms with Gasteiger partial charge in [-0.2, -0.15) is 0 Å². The Bertz CT molecular complexity index is 701. The summed E-state index contributed by atoms with van der Waals surface area (Å²) in [5.41, 5.74) is 6.16. The van der Waals surface area contributed by atoms with Gasteiger partial charge in [0.05, 0.1) is 0 Å². The smallest absolute Gasteiger partial charge is 0.0250 e. The number of benzene rings is 2. The Morgan fingerprint density at radius 1 is 0.484 bits per heavy atom. The Hall–Kier alpha value is -1.56. The van der Waals surface area contributed by atoms with Crippen LogP contribution in [0.3, 0.4) is 0 Å². The maximum Gasteiger partial charge on any atom is -0.0250 e. The minimum atomic E-state index is 0.896. The summed E-state index contributed by atoms with van der Waals surface area (Å²) in [7, 11) is 0. The van der Waals surface area contributed by atoms with Gasteiger partial charge < -0.3 is 0 Å². The van der Waals surface area contributed by atoms with Crippen molar-refractivity contribution in [3.8, 4) is 0 Å². The minimum Gasteiger partial charge on any atom is -0.0654 e. The average Bonchev–Trinajstić information content (AvgIpc) is 2.80. The van der Waals surface area contributed by atoms with Crippen molar-refractivity contribution in [2.45, 2.75) is 110 Å². The van der Waals surface area contributed by atoms with Gasteiger partial charge in [0, 0.05) is 0 Å². The first-order chi connectivity index (χ1) is 15.3. The van der Waals surface area contributed by atoms with Crippen molar-refractivity contribution in [3.63, 3.8) is 0 Å². The van der Waals surface area contributed by atoms with E-state index in [1.54, 1.807) is 11.1 Å². The minimum absolute atomic E-state index is 0.896. The Kier molecular flexibility index (Phi) is 10.7.